The maximum atomic E-state index is 14.4. The Balaban J connectivity index is 0.947. The maximum Gasteiger partial charge on any atom is 0.267 e. The van der Waals surface area contributed by atoms with E-state index >= 15 is 0 Å². The number of nitrogens with one attached hydrogen (secondary N) is 6. The molecule has 2 aromatic carbocycles. The highest BCUT2D eigenvalue weighted by Crippen LogP contribution is 2.31. The van der Waals surface area contributed by atoms with E-state index in [1.54, 1.807) is 35.2 Å². The number of carbonyl (C=O) groups is 5. The summed E-state index contributed by atoms with van der Waals surface area (Å²) in [6.45, 7) is 16.9. The Morgan fingerprint density at radius 2 is 1.69 bits per heavy atom. The van der Waals surface area contributed by atoms with E-state index < -0.39 is 35.3 Å². The second-order valence-corrected chi connectivity index (χ2v) is 19.9. The number of ether oxygens (including phenoxy) is 1. The van der Waals surface area contributed by atoms with Gasteiger partial charge in [0.2, 0.25) is 17.7 Å². The smallest absolute Gasteiger partial charge is 0.267 e. The summed E-state index contributed by atoms with van der Waals surface area (Å²) in [5.74, 6) is -0.786. The van der Waals surface area contributed by atoms with Gasteiger partial charge in [-0.1, -0.05) is 90.3 Å². The van der Waals surface area contributed by atoms with Gasteiger partial charge in [-0.3, -0.25) is 24.0 Å². The van der Waals surface area contributed by atoms with E-state index in [2.05, 4.69) is 48.6 Å². The predicted molar refractivity (Wildman–Crippen MR) is 272 cm³/mol. The van der Waals surface area contributed by atoms with E-state index in [4.69, 9.17) is 4.74 Å². The van der Waals surface area contributed by atoms with Crippen LogP contribution < -0.4 is 36.6 Å². The highest BCUT2D eigenvalue weighted by atomic mass is 19.1. The topological polar surface area (TPSA) is 203 Å². The van der Waals surface area contributed by atoms with Gasteiger partial charge in [-0.05, 0) is 81.3 Å². The summed E-state index contributed by atoms with van der Waals surface area (Å²) in [5.41, 5.74) is 1.81. The molecule has 6 atom stereocenters. The Morgan fingerprint density at radius 1 is 0.958 bits per heavy atom. The number of likely N-dealkylation sites (N-methyl/N-ethyl adjacent to an activating group) is 1. The van der Waals surface area contributed by atoms with Crippen LogP contribution >= 0.6 is 0 Å². The van der Waals surface area contributed by atoms with Crippen LogP contribution in [0.15, 0.2) is 79.3 Å². The Bertz CT molecular complexity index is 2480. The maximum absolute atomic E-state index is 14.4. The second kappa shape index (κ2) is 25.0. The minimum Gasteiger partial charge on any atom is -0.489 e. The Labute approximate surface area is 417 Å². The quantitative estimate of drug-likeness (QED) is 0.0410. The first-order valence-corrected chi connectivity index (χ1v) is 25.2. The molecule has 4 aromatic rings. The van der Waals surface area contributed by atoms with Crippen molar-refractivity contribution in [1.82, 2.24) is 51.0 Å². The number of benzene rings is 2. The average Bonchev–Trinajstić information content (AvgIpc) is 3.98. The summed E-state index contributed by atoms with van der Waals surface area (Å²) in [5, 5.41) is 23.0. The van der Waals surface area contributed by atoms with E-state index in [0.29, 0.717) is 54.1 Å². The lowest BCUT2D eigenvalue weighted by molar-refractivity contribution is -0.143. The fourth-order valence-corrected chi connectivity index (χ4v) is 9.21. The van der Waals surface area contributed by atoms with Crippen molar-refractivity contribution in [3.05, 3.63) is 102 Å². The minimum atomic E-state index is -0.890. The third-order valence-electron chi connectivity index (χ3n) is 13.2. The molecule has 0 saturated carbocycles. The number of likely N-dealkylation sites (tertiary alicyclic amines) is 1. The molecule has 1 saturated heterocycles. The largest absolute Gasteiger partial charge is 0.489 e. The molecule has 0 spiro atoms. The van der Waals surface area contributed by atoms with Crippen LogP contribution in [0.25, 0.3) is 5.65 Å². The van der Waals surface area contributed by atoms with Crippen LogP contribution in [0.3, 0.4) is 0 Å². The van der Waals surface area contributed by atoms with Crippen molar-refractivity contribution >= 4 is 41.0 Å². The summed E-state index contributed by atoms with van der Waals surface area (Å²) < 4.78 is 22.2. The van der Waals surface area contributed by atoms with E-state index in [1.165, 1.54) is 22.8 Å². The highest BCUT2D eigenvalue weighted by molar-refractivity contribution is 6.00. The molecule has 1 fully saturated rings. The Kier molecular flexibility index (Phi) is 18.9. The number of fused-ring (bicyclic) bond motifs is 2. The summed E-state index contributed by atoms with van der Waals surface area (Å²) >= 11 is 0. The minimum absolute atomic E-state index is 0.0870. The van der Waals surface area contributed by atoms with Crippen LogP contribution in [-0.4, -0.2) is 118 Å². The van der Waals surface area contributed by atoms with E-state index in [9.17, 15) is 28.4 Å². The molecule has 6 N–H and O–H groups in total. The molecule has 384 valence electrons. The molecule has 2 aliphatic rings. The van der Waals surface area contributed by atoms with Gasteiger partial charge < -0.3 is 46.4 Å². The molecule has 2 aliphatic heterocycles. The molecule has 5 amide bonds. The Hall–Kier alpha value is -6.56. The molecule has 2 unspecified atom stereocenters. The number of rotatable bonds is 21. The van der Waals surface area contributed by atoms with Gasteiger partial charge in [0.05, 0.1) is 30.5 Å². The second-order valence-electron chi connectivity index (χ2n) is 19.9. The lowest BCUT2D eigenvalue weighted by Gasteiger charge is -2.35. The monoisotopic (exact) mass is 980 g/mol. The van der Waals surface area contributed by atoms with Crippen LogP contribution in [0.2, 0.25) is 0 Å². The third-order valence-corrected chi connectivity index (χ3v) is 13.2. The molecule has 2 aromatic heterocycles. The van der Waals surface area contributed by atoms with Gasteiger partial charge >= 0.3 is 0 Å². The van der Waals surface area contributed by atoms with Crippen molar-refractivity contribution in [3.63, 3.8) is 0 Å². The van der Waals surface area contributed by atoms with Gasteiger partial charge in [0.25, 0.3) is 11.8 Å². The van der Waals surface area contributed by atoms with E-state index in [0.717, 1.165) is 50.6 Å². The van der Waals surface area contributed by atoms with Crippen LogP contribution in [0, 0.1) is 11.2 Å². The van der Waals surface area contributed by atoms with Crippen LogP contribution in [0.1, 0.15) is 133 Å². The number of carbonyl (C=O) groups excluding carboxylic acids is 5. The number of anilines is 1. The number of nitrogens with zero attached hydrogens (tertiary/aromatic N) is 5. The molecule has 0 radical (unpaired) electrons. The summed E-state index contributed by atoms with van der Waals surface area (Å²) in [6, 6.07) is 13.6. The molecule has 2 bridgehead atoms. The standard InChI is InChI=1S/C53H74FN11O6/c1-9-42(37-19-15-14-16-20-37)60-50(68)43-30-39(33-64(43)52(70)47(53(5,6)7)62-49(67)36(4)55-8)56-25-18-13-11-10-12-17-21-46(66)57-26-28-63-32-34(2)71-44-23-22-38(54)29-40(44)35(3)59-45-24-27-65-48(61-45)41(31-58-65)51(63)69/h14-16,19-20,22-24,27,29,31,34-35,39,42-43,47,55-56H,4,9-13,17-18,21,25-26,28,30,32-33H2,1-3,5-8H3,(H,57,66)(H,59,61)(H,60,68)(H,62,67)/t34?,35-,39+,42-,43+,47?/m1/s1. The zero-order valence-electron chi connectivity index (χ0n) is 42.5. The van der Waals surface area contributed by atoms with Crippen molar-refractivity contribution in [3.8, 4) is 5.75 Å². The van der Waals surface area contributed by atoms with Crippen LogP contribution in [-0.2, 0) is 19.2 Å². The zero-order valence-corrected chi connectivity index (χ0v) is 42.5. The fraction of sp³-hybridized carbons (Fsp3) is 0.528. The SMILES string of the molecule is C=C(NC)C(=O)NC(C(=O)N1C[C@@H](NCCCCCCCCC(=O)NCCN2CC(C)Oc3ccc(F)cc3[C@@H](C)Nc3ccn4ncc(c4n3)C2=O)C[C@H]1C(=O)N[C@H](CC)c1ccccc1)C(C)(C)C. The molecule has 18 heteroatoms. The van der Waals surface area contributed by atoms with Crippen LogP contribution in [0.5, 0.6) is 5.75 Å². The lowest BCUT2D eigenvalue weighted by atomic mass is 9.85. The third kappa shape index (κ3) is 14.5. The van der Waals surface area contributed by atoms with Crippen molar-refractivity contribution in [2.45, 2.75) is 136 Å². The van der Waals surface area contributed by atoms with E-state index in [-0.39, 0.29) is 67.1 Å². The summed E-state index contributed by atoms with van der Waals surface area (Å²) in [6.07, 6.45) is 9.73. The molecule has 17 nitrogen and oxygen atoms in total. The van der Waals surface area contributed by atoms with Crippen molar-refractivity contribution in [2.24, 2.45) is 5.41 Å². The van der Waals surface area contributed by atoms with Crippen molar-refractivity contribution in [1.29, 1.82) is 0 Å². The molecule has 0 aliphatic carbocycles. The lowest BCUT2D eigenvalue weighted by Crippen LogP contribution is -2.58. The van der Waals surface area contributed by atoms with Gasteiger partial charge in [0.15, 0.2) is 5.65 Å². The fourth-order valence-electron chi connectivity index (χ4n) is 9.21. The number of aromatic nitrogens is 3. The predicted octanol–water partition coefficient (Wildman–Crippen LogP) is 6.20. The molecule has 4 heterocycles. The van der Waals surface area contributed by atoms with Gasteiger partial charge in [-0.15, -0.1) is 0 Å². The Morgan fingerprint density at radius 3 is 2.41 bits per heavy atom. The number of hydrogen-bond donors (Lipinski definition) is 6. The van der Waals surface area contributed by atoms with Gasteiger partial charge in [-0.2, -0.15) is 5.10 Å². The van der Waals surface area contributed by atoms with Crippen molar-refractivity contribution < 1.29 is 33.1 Å². The number of unbranched alkanes of at least 4 members (excludes halogenated alkanes) is 5. The normalized spacial score (nSPS) is 19.0. The van der Waals surface area contributed by atoms with Gasteiger partial charge in [0, 0.05) is 50.9 Å². The molecule has 71 heavy (non-hydrogen) atoms. The molecule has 6 rings (SSSR count). The zero-order chi connectivity index (χ0) is 51.2. The molecular weight excluding hydrogens is 906 g/mol. The highest BCUT2D eigenvalue weighted by Gasteiger charge is 2.45. The van der Waals surface area contributed by atoms with E-state index in [1.807, 2.05) is 71.9 Å². The number of halogens is 1. The van der Waals surface area contributed by atoms with Crippen molar-refractivity contribution in [2.75, 3.05) is 45.1 Å². The average molecular weight is 980 g/mol. The number of hydrogen-bond acceptors (Lipinski definition) is 11. The first kappa shape index (κ1) is 53.8. The first-order chi connectivity index (χ1) is 34.0. The van der Waals surface area contributed by atoms with Gasteiger partial charge in [-0.25, -0.2) is 13.9 Å². The van der Waals surface area contributed by atoms with Gasteiger partial charge in [0.1, 0.15) is 41.1 Å². The number of amides is 5. The summed E-state index contributed by atoms with van der Waals surface area (Å²) in [7, 11) is 1.60. The molecular formula is C53H74FN11O6. The first-order valence-electron chi connectivity index (χ1n) is 25.2. The summed E-state index contributed by atoms with van der Waals surface area (Å²) in [4.78, 5) is 76.3. The van der Waals surface area contributed by atoms with Crippen LogP contribution in [0.4, 0.5) is 10.2 Å².